The molecule has 2 aromatic rings. The van der Waals surface area contributed by atoms with Crippen LogP contribution >= 0.6 is 11.3 Å². The molecule has 7 nitrogen and oxygen atoms in total. The maximum Gasteiger partial charge on any atom is 0.349 e. The second kappa shape index (κ2) is 7.35. The van der Waals surface area contributed by atoms with Crippen molar-refractivity contribution in [3.05, 3.63) is 26.6 Å². The van der Waals surface area contributed by atoms with Gasteiger partial charge in [-0.15, -0.1) is 11.3 Å². The van der Waals surface area contributed by atoms with Gasteiger partial charge < -0.3 is 15.0 Å². The molecule has 3 rings (SSSR count). The van der Waals surface area contributed by atoms with E-state index in [4.69, 9.17) is 4.74 Å². The molecule has 0 spiro atoms. The third kappa shape index (κ3) is 3.89. The minimum atomic E-state index is -0.601. The van der Waals surface area contributed by atoms with Crippen molar-refractivity contribution < 1.29 is 14.3 Å². The first kappa shape index (κ1) is 17.6. The predicted octanol–water partition coefficient (Wildman–Crippen LogP) is 2.21. The number of ether oxygens (including phenoxy) is 1. The second-order valence-electron chi connectivity index (χ2n) is 6.37. The largest absolute Gasteiger partial charge is 0.451 e. The van der Waals surface area contributed by atoms with E-state index < -0.39 is 5.97 Å². The van der Waals surface area contributed by atoms with Gasteiger partial charge in [-0.3, -0.25) is 9.59 Å². The summed E-state index contributed by atoms with van der Waals surface area (Å²) < 4.78 is 5.13. The molecular weight excluding hydrogens is 342 g/mol. The zero-order valence-electron chi connectivity index (χ0n) is 14.3. The third-order valence-electron chi connectivity index (χ3n) is 4.41. The molecule has 0 aliphatic heterocycles. The van der Waals surface area contributed by atoms with Gasteiger partial charge in [0.2, 0.25) is 0 Å². The van der Waals surface area contributed by atoms with Crippen LogP contribution in [0.2, 0.25) is 0 Å². The van der Waals surface area contributed by atoms with Crippen LogP contribution in [0.15, 0.2) is 4.79 Å². The minimum absolute atomic E-state index is 0.178. The molecule has 0 atom stereocenters. The zero-order chi connectivity index (χ0) is 18.0. The molecule has 0 saturated heterocycles. The first-order valence-electron chi connectivity index (χ1n) is 8.42. The molecular formula is C17H21N3O4S. The van der Waals surface area contributed by atoms with Crippen molar-refractivity contribution in [1.82, 2.24) is 15.3 Å². The van der Waals surface area contributed by atoms with Gasteiger partial charge in [0.05, 0.1) is 5.39 Å². The molecule has 2 aromatic heterocycles. The first-order valence-corrected chi connectivity index (χ1v) is 9.24. The fourth-order valence-corrected chi connectivity index (χ4v) is 4.28. The Morgan fingerprint density at radius 3 is 2.72 bits per heavy atom. The number of hydrogen-bond donors (Lipinski definition) is 2. The van der Waals surface area contributed by atoms with Gasteiger partial charge in [0.25, 0.3) is 11.5 Å². The van der Waals surface area contributed by atoms with E-state index in [-0.39, 0.29) is 24.1 Å². The molecule has 0 aromatic carbocycles. The highest BCUT2D eigenvalue weighted by atomic mass is 32.1. The van der Waals surface area contributed by atoms with Gasteiger partial charge in [-0.1, -0.05) is 19.3 Å². The number of fused-ring (bicyclic) bond motifs is 1. The highest BCUT2D eigenvalue weighted by Gasteiger charge is 2.22. The maximum atomic E-state index is 12.3. The standard InChI is InChI=1S/C17H21N3O4S/c1-9-13-15(22)18-10(2)19-16(13)25-14(9)17(23)24-8-12(21)20-11-6-4-3-5-7-11/h11H,3-8H2,1-2H3,(H,20,21)(H,18,19,22). The summed E-state index contributed by atoms with van der Waals surface area (Å²) in [5.74, 6) is -0.396. The molecule has 134 valence electrons. The Bertz CT molecular complexity index is 865. The van der Waals surface area contributed by atoms with Crippen LogP contribution in [0.4, 0.5) is 0 Å². The minimum Gasteiger partial charge on any atom is -0.451 e. The smallest absolute Gasteiger partial charge is 0.349 e. The maximum absolute atomic E-state index is 12.3. The molecule has 25 heavy (non-hydrogen) atoms. The topological polar surface area (TPSA) is 101 Å². The number of H-pyrrole nitrogens is 1. The van der Waals surface area contributed by atoms with Crippen molar-refractivity contribution in [2.24, 2.45) is 0 Å². The van der Waals surface area contributed by atoms with Crippen LogP contribution in [0.25, 0.3) is 10.2 Å². The molecule has 1 aliphatic carbocycles. The Kier molecular flexibility index (Phi) is 5.17. The molecule has 1 aliphatic rings. The summed E-state index contributed by atoms with van der Waals surface area (Å²) in [5, 5.41) is 3.30. The quantitative estimate of drug-likeness (QED) is 0.811. The third-order valence-corrected chi connectivity index (χ3v) is 5.57. The molecule has 1 saturated carbocycles. The van der Waals surface area contributed by atoms with E-state index in [9.17, 15) is 14.4 Å². The number of esters is 1. The lowest BCUT2D eigenvalue weighted by atomic mass is 9.95. The van der Waals surface area contributed by atoms with Crippen LogP contribution < -0.4 is 10.9 Å². The summed E-state index contributed by atoms with van der Waals surface area (Å²) in [6.45, 7) is 3.05. The lowest BCUT2D eigenvalue weighted by Crippen LogP contribution is -2.38. The number of nitrogens with one attached hydrogen (secondary N) is 2. The number of aryl methyl sites for hydroxylation is 2. The van der Waals surface area contributed by atoms with Crippen molar-refractivity contribution in [1.29, 1.82) is 0 Å². The monoisotopic (exact) mass is 363 g/mol. The SMILES string of the molecule is Cc1nc2sc(C(=O)OCC(=O)NC3CCCCC3)c(C)c2c(=O)[nH]1. The molecule has 8 heteroatoms. The summed E-state index contributed by atoms with van der Waals surface area (Å²) >= 11 is 1.11. The Labute approximate surface area is 148 Å². The number of aromatic amines is 1. The Morgan fingerprint density at radius 2 is 2.00 bits per heavy atom. The number of rotatable bonds is 4. The second-order valence-corrected chi connectivity index (χ2v) is 7.37. The van der Waals surface area contributed by atoms with E-state index in [2.05, 4.69) is 15.3 Å². The summed E-state index contributed by atoms with van der Waals surface area (Å²) in [5.41, 5.74) is 0.261. The molecule has 1 amide bonds. The Balaban J connectivity index is 1.66. The van der Waals surface area contributed by atoms with Gasteiger partial charge >= 0.3 is 5.97 Å². The molecule has 0 radical (unpaired) electrons. The first-order chi connectivity index (χ1) is 12.0. The molecule has 1 fully saturated rings. The van der Waals surface area contributed by atoms with E-state index in [0.29, 0.717) is 26.5 Å². The van der Waals surface area contributed by atoms with Crippen molar-refractivity contribution in [2.75, 3.05) is 6.61 Å². The van der Waals surface area contributed by atoms with Crippen molar-refractivity contribution in [3.63, 3.8) is 0 Å². The number of carbonyl (C=O) groups excluding carboxylic acids is 2. The van der Waals surface area contributed by atoms with Gasteiger partial charge in [-0.05, 0) is 32.3 Å². The van der Waals surface area contributed by atoms with Crippen molar-refractivity contribution >= 4 is 33.4 Å². The summed E-state index contributed by atoms with van der Waals surface area (Å²) in [4.78, 5) is 44.0. The normalized spacial score (nSPS) is 15.3. The van der Waals surface area contributed by atoms with Gasteiger partial charge in [-0.2, -0.15) is 0 Å². The van der Waals surface area contributed by atoms with Gasteiger partial charge in [0.1, 0.15) is 15.5 Å². The molecule has 2 heterocycles. The number of aromatic nitrogens is 2. The highest BCUT2D eigenvalue weighted by Crippen LogP contribution is 2.27. The fourth-order valence-electron chi connectivity index (χ4n) is 3.16. The number of thiophene rings is 1. The van der Waals surface area contributed by atoms with E-state index >= 15 is 0 Å². The van der Waals surface area contributed by atoms with Crippen molar-refractivity contribution in [3.8, 4) is 0 Å². The average molecular weight is 363 g/mol. The number of nitrogens with zero attached hydrogens (tertiary/aromatic N) is 1. The lowest BCUT2D eigenvalue weighted by molar-refractivity contribution is -0.125. The summed E-state index contributed by atoms with van der Waals surface area (Å²) in [6, 6.07) is 0.178. The van der Waals surface area contributed by atoms with Crippen molar-refractivity contribution in [2.45, 2.75) is 52.0 Å². The summed E-state index contributed by atoms with van der Waals surface area (Å²) in [7, 11) is 0. The van der Waals surface area contributed by atoms with E-state index in [1.807, 2.05) is 0 Å². The Hall–Kier alpha value is -2.22. The average Bonchev–Trinajstić information content (AvgIpc) is 2.90. The lowest BCUT2D eigenvalue weighted by Gasteiger charge is -2.22. The van der Waals surface area contributed by atoms with Gasteiger partial charge in [0, 0.05) is 6.04 Å². The van der Waals surface area contributed by atoms with Crippen LogP contribution in [-0.2, 0) is 9.53 Å². The number of carbonyl (C=O) groups is 2. The zero-order valence-corrected chi connectivity index (χ0v) is 15.1. The van der Waals surface area contributed by atoms with E-state index in [0.717, 1.165) is 37.0 Å². The van der Waals surface area contributed by atoms with Gasteiger partial charge in [0.15, 0.2) is 6.61 Å². The van der Waals surface area contributed by atoms with Crippen LogP contribution in [0.3, 0.4) is 0 Å². The van der Waals surface area contributed by atoms with E-state index in [1.165, 1.54) is 6.42 Å². The number of hydrogen-bond acceptors (Lipinski definition) is 6. The molecule has 0 bridgehead atoms. The number of amides is 1. The van der Waals surface area contributed by atoms with Gasteiger partial charge in [-0.25, -0.2) is 9.78 Å². The van der Waals surface area contributed by atoms with Crippen LogP contribution in [0.5, 0.6) is 0 Å². The fraction of sp³-hybridized carbons (Fsp3) is 0.529. The summed E-state index contributed by atoms with van der Waals surface area (Å²) in [6.07, 6.45) is 5.39. The Morgan fingerprint density at radius 1 is 1.28 bits per heavy atom. The van der Waals surface area contributed by atoms with Crippen LogP contribution in [0.1, 0.15) is 53.2 Å². The molecule has 0 unspecified atom stereocenters. The van der Waals surface area contributed by atoms with E-state index in [1.54, 1.807) is 13.8 Å². The van der Waals surface area contributed by atoms with Crippen LogP contribution in [-0.4, -0.2) is 34.5 Å². The molecule has 2 N–H and O–H groups in total. The highest BCUT2D eigenvalue weighted by molar-refractivity contribution is 7.20. The van der Waals surface area contributed by atoms with Crippen LogP contribution in [0, 0.1) is 13.8 Å². The predicted molar refractivity (Wildman–Crippen MR) is 95.0 cm³/mol.